The second kappa shape index (κ2) is 44.3. The fraction of sp³-hybridized carbons (Fsp3) is 1.00. The summed E-state index contributed by atoms with van der Waals surface area (Å²) < 4.78 is 21.0. The van der Waals surface area contributed by atoms with Crippen LogP contribution in [-0.4, -0.2) is 49.4 Å². The van der Waals surface area contributed by atoms with Gasteiger partial charge in [-0.3, -0.25) is 0 Å². The van der Waals surface area contributed by atoms with Crippen molar-refractivity contribution < 1.29 is 58.7 Å². The largest absolute Gasteiger partial charge is 4.00 e. The first-order valence-corrected chi connectivity index (χ1v) is 38.6. The Hall–Kier alpha value is 4.37. The van der Waals surface area contributed by atoms with Gasteiger partial charge >= 0.3 is 21.1 Å². The zero-order valence-electron chi connectivity index (χ0n) is 40.7. The maximum Gasteiger partial charge on any atom is 4.00 e. The fourth-order valence-electron chi connectivity index (χ4n) is 3.35. The molecule has 0 aliphatic heterocycles. The normalized spacial score (nSPS) is 15.7. The summed E-state index contributed by atoms with van der Waals surface area (Å²) >= 11 is 25.0. The van der Waals surface area contributed by atoms with Crippen LogP contribution >= 0.6 is 68.3 Å². The summed E-state index contributed by atoms with van der Waals surface area (Å²) in [4.78, 5) is 46.9. The minimum absolute atomic E-state index is 0. The number of hydrogen-bond donors (Lipinski definition) is 0. The summed E-state index contributed by atoms with van der Waals surface area (Å²) in [6, 6.07) is 0. The molecule has 0 amide bonds. The van der Waals surface area contributed by atoms with Gasteiger partial charge in [0.25, 0.3) is 0 Å². The molecule has 61 heavy (non-hydrogen) atoms. The van der Waals surface area contributed by atoms with Gasteiger partial charge in [-0.1, -0.05) is 158 Å². The van der Waals surface area contributed by atoms with Crippen molar-refractivity contribution in [3.63, 3.8) is 0 Å². The van der Waals surface area contributed by atoms with E-state index in [0.717, 1.165) is 74.4 Å². The fourth-order valence-corrected chi connectivity index (χ4v) is 17.5. The summed E-state index contributed by atoms with van der Waals surface area (Å²) in [7, 11) is 0. The SMILES string of the molecule is CC(C)CCOP([O-])(=S)SCCC(C)C.CC(C)CCOP([O-])(=S)SCCC(C)C.CC(C)CCOP([O-])(=S)SCCC(C)C.CC(C)CCOP([O-])(=S)SCCC(C)C.[Mo+4]. The first-order chi connectivity index (χ1) is 27.3. The zero-order chi connectivity index (χ0) is 47.6. The van der Waals surface area contributed by atoms with Crippen LogP contribution in [0.25, 0.3) is 0 Å². The van der Waals surface area contributed by atoms with Crippen molar-refractivity contribution in [3.05, 3.63) is 0 Å². The molecule has 0 heterocycles. The number of rotatable bonds is 32. The van der Waals surface area contributed by atoms with Crippen molar-refractivity contribution in [2.24, 2.45) is 47.3 Å². The molecule has 0 saturated heterocycles. The third-order valence-corrected chi connectivity index (χ3v) is 24.8. The molecule has 0 aromatic rings. The Balaban J connectivity index is -0.000000227. The maximum atomic E-state index is 11.7. The van der Waals surface area contributed by atoms with Gasteiger partial charge in [0.05, 0.1) is 26.4 Å². The van der Waals surface area contributed by atoms with Gasteiger partial charge in [-0.2, -0.15) is 0 Å². The van der Waals surface area contributed by atoms with Gasteiger partial charge in [-0.25, -0.2) is 0 Å². The molecule has 0 aliphatic carbocycles. The summed E-state index contributed by atoms with van der Waals surface area (Å²) in [5, 5.41) is 0. The van der Waals surface area contributed by atoms with E-state index in [1.165, 1.54) is 45.5 Å². The first-order valence-electron chi connectivity index (χ1n) is 21.7. The van der Waals surface area contributed by atoms with Crippen molar-refractivity contribution in [1.29, 1.82) is 0 Å². The van der Waals surface area contributed by atoms with Crippen molar-refractivity contribution in [3.8, 4) is 0 Å². The quantitative estimate of drug-likeness (QED) is 0.0467. The van der Waals surface area contributed by atoms with Crippen molar-refractivity contribution >= 4 is 116 Å². The van der Waals surface area contributed by atoms with Crippen LogP contribution in [-0.2, 0) is 86.4 Å². The third-order valence-electron chi connectivity index (χ3n) is 7.56. The van der Waals surface area contributed by atoms with E-state index >= 15 is 0 Å². The Kier molecular flexibility index (Phi) is 54.0. The van der Waals surface area contributed by atoms with E-state index in [9.17, 15) is 19.6 Å². The maximum absolute atomic E-state index is 11.7. The molecule has 0 N–H and O–H groups in total. The van der Waals surface area contributed by atoms with Gasteiger partial charge in [0.2, 0.25) is 0 Å². The number of hydrogen-bond acceptors (Lipinski definition) is 16. The van der Waals surface area contributed by atoms with Gasteiger partial charge in [0.15, 0.2) is 0 Å². The molecule has 0 fully saturated rings. The molecule has 370 valence electrons. The van der Waals surface area contributed by atoms with E-state index in [4.69, 9.17) is 65.3 Å². The minimum Gasteiger partial charge on any atom is -0.793 e. The molecule has 0 bridgehead atoms. The molecular weight excluding hydrogens is 1080 g/mol. The second-order valence-electron chi connectivity index (χ2n) is 17.9. The Labute approximate surface area is 429 Å². The van der Waals surface area contributed by atoms with Gasteiger partial charge in [0, 0.05) is 22.8 Å². The van der Waals surface area contributed by atoms with Gasteiger partial charge in [-0.15, -0.1) is 45.5 Å². The molecule has 0 aliphatic rings. The van der Waals surface area contributed by atoms with Crippen LogP contribution in [0.5, 0.6) is 0 Å². The summed E-state index contributed by atoms with van der Waals surface area (Å²) in [6.45, 7) is 36.2. The predicted molar refractivity (Wildman–Crippen MR) is 286 cm³/mol. The molecule has 21 heteroatoms. The van der Waals surface area contributed by atoms with E-state index in [0.29, 0.717) is 73.8 Å². The van der Waals surface area contributed by atoms with Crippen LogP contribution in [0.15, 0.2) is 0 Å². The van der Waals surface area contributed by atoms with E-state index in [1.807, 2.05) is 0 Å². The van der Waals surface area contributed by atoms with Gasteiger partial charge < -0.3 is 37.7 Å². The average Bonchev–Trinajstić information content (AvgIpc) is 3.03. The molecule has 0 rings (SSSR count). The predicted octanol–water partition coefficient (Wildman–Crippen LogP) is 13.7. The molecule has 0 aromatic heterocycles. The third kappa shape index (κ3) is 68.7. The Morgan fingerprint density at radius 1 is 0.311 bits per heavy atom. The molecular formula is C40H88MoO8P4S8. The van der Waals surface area contributed by atoms with E-state index in [2.05, 4.69) is 111 Å². The minimum atomic E-state index is -2.80. The van der Waals surface area contributed by atoms with Gasteiger partial charge in [-0.05, 0) is 122 Å². The van der Waals surface area contributed by atoms with Crippen LogP contribution in [0.4, 0.5) is 0 Å². The Morgan fingerprint density at radius 3 is 0.557 bits per heavy atom. The zero-order valence-corrected chi connectivity index (χ0v) is 52.8. The van der Waals surface area contributed by atoms with Crippen LogP contribution in [0, 0.1) is 47.3 Å². The monoisotopic (exact) mass is 1170 g/mol. The molecule has 4 atom stereocenters. The summed E-state index contributed by atoms with van der Waals surface area (Å²) in [5.74, 6) is 8.13. The van der Waals surface area contributed by atoms with Crippen molar-refractivity contribution in [2.45, 2.75) is 162 Å². The first kappa shape index (κ1) is 74.3. The van der Waals surface area contributed by atoms with Crippen LogP contribution in [0.2, 0.25) is 0 Å². The molecule has 0 spiro atoms. The molecule has 4 unspecified atom stereocenters. The summed E-state index contributed by atoms with van der Waals surface area (Å²) in [6.07, 6.45) is 7.85. The average molecular weight is 1170 g/mol. The Bertz CT molecular complexity index is 942. The van der Waals surface area contributed by atoms with Crippen LogP contribution in [0.3, 0.4) is 0 Å². The molecule has 0 saturated carbocycles. The van der Waals surface area contributed by atoms with Crippen LogP contribution in [0.1, 0.15) is 162 Å². The molecule has 0 aromatic carbocycles. The molecule has 0 radical (unpaired) electrons. The second-order valence-corrected chi connectivity index (χ2v) is 42.6. The van der Waals surface area contributed by atoms with Crippen molar-refractivity contribution in [1.82, 2.24) is 0 Å². The van der Waals surface area contributed by atoms with E-state index in [-0.39, 0.29) is 21.1 Å². The topological polar surface area (TPSA) is 129 Å². The Morgan fingerprint density at radius 2 is 0.443 bits per heavy atom. The van der Waals surface area contributed by atoms with E-state index in [1.54, 1.807) is 0 Å². The smallest absolute Gasteiger partial charge is 0.793 e. The van der Waals surface area contributed by atoms with Crippen molar-refractivity contribution in [2.75, 3.05) is 49.4 Å². The van der Waals surface area contributed by atoms with Crippen LogP contribution < -0.4 is 19.6 Å². The summed E-state index contributed by atoms with van der Waals surface area (Å²) in [5.41, 5.74) is -11.2. The molecule has 8 nitrogen and oxygen atoms in total. The standard InChI is InChI=1S/4C10H23O2PS2.Mo/c4*1-9(2)5-7-12-13(11,14)15-8-6-10(3)4;/h4*9-10H,5-8H2,1-4H3,(H,11,14);/q;;;;+4/p-4. The van der Waals surface area contributed by atoms with E-state index < -0.39 is 22.8 Å². The van der Waals surface area contributed by atoms with Gasteiger partial charge in [0.1, 0.15) is 0 Å².